The second-order valence-corrected chi connectivity index (χ2v) is 6.88. The van der Waals surface area contributed by atoms with Gasteiger partial charge in [-0.3, -0.25) is 4.90 Å². The molecule has 2 rings (SSSR count). The van der Waals surface area contributed by atoms with Crippen LogP contribution in [0.1, 0.15) is 46.5 Å². The first-order valence-electron chi connectivity index (χ1n) is 8.18. The highest BCUT2D eigenvalue weighted by Crippen LogP contribution is 2.39. The first kappa shape index (κ1) is 15.3. The SMILES string of the molecule is CCNCC1(CN2CCOC(C)C2)CCC(C)CC1. The van der Waals surface area contributed by atoms with Crippen LogP contribution in [0.2, 0.25) is 0 Å². The number of nitrogens with zero attached hydrogens (tertiary/aromatic N) is 1. The molecule has 0 aromatic heterocycles. The van der Waals surface area contributed by atoms with Crippen molar-refractivity contribution in [1.82, 2.24) is 10.2 Å². The zero-order valence-corrected chi connectivity index (χ0v) is 13.1. The summed E-state index contributed by atoms with van der Waals surface area (Å²) >= 11 is 0. The lowest BCUT2D eigenvalue weighted by molar-refractivity contribution is -0.0384. The molecular weight excluding hydrogens is 236 g/mol. The minimum absolute atomic E-state index is 0.410. The third kappa shape index (κ3) is 4.44. The predicted molar refractivity (Wildman–Crippen MR) is 80.5 cm³/mol. The van der Waals surface area contributed by atoms with Crippen molar-refractivity contribution < 1.29 is 4.74 Å². The van der Waals surface area contributed by atoms with Gasteiger partial charge in [0.15, 0.2) is 0 Å². The first-order chi connectivity index (χ1) is 9.13. The summed E-state index contributed by atoms with van der Waals surface area (Å²) in [5.41, 5.74) is 0.513. The lowest BCUT2D eigenvalue weighted by atomic mass is 9.70. The fourth-order valence-electron chi connectivity index (χ4n) is 3.66. The Morgan fingerprint density at radius 3 is 2.63 bits per heavy atom. The van der Waals surface area contributed by atoms with Gasteiger partial charge >= 0.3 is 0 Å². The van der Waals surface area contributed by atoms with Gasteiger partial charge in [0.2, 0.25) is 0 Å². The van der Waals surface area contributed by atoms with Gasteiger partial charge in [-0.1, -0.05) is 26.7 Å². The average Bonchev–Trinajstić information content (AvgIpc) is 2.40. The Hall–Kier alpha value is -0.120. The molecule has 3 heteroatoms. The van der Waals surface area contributed by atoms with Gasteiger partial charge < -0.3 is 10.1 Å². The number of ether oxygens (including phenoxy) is 1. The predicted octanol–water partition coefficient (Wildman–Crippen LogP) is 2.51. The Balaban J connectivity index is 1.92. The standard InChI is InChI=1S/C16H32N2O/c1-4-17-12-16(7-5-14(2)6-8-16)13-18-9-10-19-15(3)11-18/h14-15,17H,4-13H2,1-3H3. The molecule has 1 saturated carbocycles. The molecule has 112 valence electrons. The fourth-order valence-corrected chi connectivity index (χ4v) is 3.66. The van der Waals surface area contributed by atoms with Crippen molar-refractivity contribution in [2.45, 2.75) is 52.6 Å². The van der Waals surface area contributed by atoms with Crippen molar-refractivity contribution in [3.63, 3.8) is 0 Å². The maximum atomic E-state index is 5.67. The van der Waals surface area contributed by atoms with Crippen LogP contribution in [-0.2, 0) is 4.74 Å². The summed E-state index contributed by atoms with van der Waals surface area (Å²) in [6.45, 7) is 13.5. The van der Waals surface area contributed by atoms with Crippen molar-refractivity contribution in [1.29, 1.82) is 0 Å². The number of nitrogens with one attached hydrogen (secondary N) is 1. The van der Waals surface area contributed by atoms with Crippen LogP contribution in [0.3, 0.4) is 0 Å². The number of hydrogen-bond donors (Lipinski definition) is 1. The molecule has 2 fully saturated rings. The maximum Gasteiger partial charge on any atom is 0.0674 e. The molecule has 1 N–H and O–H groups in total. The van der Waals surface area contributed by atoms with Gasteiger partial charge in [0.05, 0.1) is 12.7 Å². The maximum absolute atomic E-state index is 5.67. The summed E-state index contributed by atoms with van der Waals surface area (Å²) in [7, 11) is 0. The summed E-state index contributed by atoms with van der Waals surface area (Å²) in [6, 6.07) is 0. The van der Waals surface area contributed by atoms with Gasteiger partial charge in [0.25, 0.3) is 0 Å². The second-order valence-electron chi connectivity index (χ2n) is 6.88. The average molecular weight is 268 g/mol. The molecule has 0 amide bonds. The fraction of sp³-hybridized carbons (Fsp3) is 1.00. The lowest BCUT2D eigenvalue weighted by Gasteiger charge is -2.44. The third-order valence-electron chi connectivity index (χ3n) is 4.97. The Bertz CT molecular complexity index is 256. The smallest absolute Gasteiger partial charge is 0.0674 e. The van der Waals surface area contributed by atoms with E-state index in [1.54, 1.807) is 0 Å². The quantitative estimate of drug-likeness (QED) is 0.829. The summed E-state index contributed by atoms with van der Waals surface area (Å²) in [5, 5.41) is 3.62. The van der Waals surface area contributed by atoms with Gasteiger partial charge in [0.1, 0.15) is 0 Å². The summed E-state index contributed by atoms with van der Waals surface area (Å²) in [4.78, 5) is 2.64. The molecule has 3 nitrogen and oxygen atoms in total. The van der Waals surface area contributed by atoms with E-state index in [9.17, 15) is 0 Å². The minimum atomic E-state index is 0.410. The van der Waals surface area contributed by atoms with E-state index in [1.165, 1.54) is 38.8 Å². The van der Waals surface area contributed by atoms with Crippen molar-refractivity contribution in [3.05, 3.63) is 0 Å². The van der Waals surface area contributed by atoms with Crippen LogP contribution >= 0.6 is 0 Å². The van der Waals surface area contributed by atoms with Crippen LogP contribution in [0.15, 0.2) is 0 Å². The van der Waals surface area contributed by atoms with Crippen LogP contribution < -0.4 is 5.32 Å². The first-order valence-corrected chi connectivity index (χ1v) is 8.18. The zero-order valence-electron chi connectivity index (χ0n) is 13.1. The molecule has 1 saturated heterocycles. The normalized spacial score (nSPS) is 37.4. The second kappa shape index (κ2) is 7.05. The topological polar surface area (TPSA) is 24.5 Å². The lowest BCUT2D eigenvalue weighted by Crippen LogP contribution is -2.50. The van der Waals surface area contributed by atoms with Crippen LogP contribution in [0.5, 0.6) is 0 Å². The molecule has 1 heterocycles. The summed E-state index contributed by atoms with van der Waals surface area (Å²) < 4.78 is 5.67. The van der Waals surface area contributed by atoms with E-state index in [1.807, 2.05) is 0 Å². The highest BCUT2D eigenvalue weighted by molar-refractivity contribution is 4.90. The van der Waals surface area contributed by atoms with Crippen LogP contribution in [0.4, 0.5) is 0 Å². The molecule has 0 spiro atoms. The van der Waals surface area contributed by atoms with E-state index < -0.39 is 0 Å². The summed E-state index contributed by atoms with van der Waals surface area (Å²) in [5.74, 6) is 0.929. The zero-order chi connectivity index (χ0) is 13.7. The van der Waals surface area contributed by atoms with E-state index in [0.29, 0.717) is 11.5 Å². The molecule has 0 radical (unpaired) electrons. The number of morpholine rings is 1. The molecule has 0 aromatic rings. The highest BCUT2D eigenvalue weighted by Gasteiger charge is 2.36. The van der Waals surface area contributed by atoms with E-state index in [-0.39, 0.29) is 0 Å². The van der Waals surface area contributed by atoms with Crippen LogP contribution in [-0.4, -0.2) is 50.3 Å². The molecule has 1 unspecified atom stereocenters. The molecule has 19 heavy (non-hydrogen) atoms. The molecule has 0 bridgehead atoms. The van der Waals surface area contributed by atoms with Gasteiger partial charge in [-0.05, 0) is 37.6 Å². The van der Waals surface area contributed by atoms with Crippen molar-refractivity contribution >= 4 is 0 Å². The Kier molecular flexibility index (Phi) is 5.67. The van der Waals surface area contributed by atoms with Gasteiger partial charge in [0, 0.05) is 26.2 Å². The molecule has 1 aliphatic heterocycles. The molecule has 0 aromatic carbocycles. The van der Waals surface area contributed by atoms with E-state index in [0.717, 1.165) is 32.2 Å². The van der Waals surface area contributed by atoms with E-state index in [4.69, 9.17) is 4.74 Å². The van der Waals surface area contributed by atoms with E-state index in [2.05, 4.69) is 31.0 Å². The number of rotatable bonds is 5. The highest BCUT2D eigenvalue weighted by atomic mass is 16.5. The Morgan fingerprint density at radius 1 is 1.26 bits per heavy atom. The largest absolute Gasteiger partial charge is 0.376 e. The molecular formula is C16H32N2O. The van der Waals surface area contributed by atoms with E-state index >= 15 is 0 Å². The van der Waals surface area contributed by atoms with Crippen molar-refractivity contribution in [2.75, 3.05) is 39.3 Å². The van der Waals surface area contributed by atoms with Crippen molar-refractivity contribution in [2.24, 2.45) is 11.3 Å². The monoisotopic (exact) mass is 268 g/mol. The molecule has 2 aliphatic rings. The summed E-state index contributed by atoms with van der Waals surface area (Å²) in [6.07, 6.45) is 6.02. The Labute approximate surface area is 119 Å². The molecule has 1 atom stereocenters. The molecule has 1 aliphatic carbocycles. The van der Waals surface area contributed by atoms with Gasteiger partial charge in [-0.25, -0.2) is 0 Å². The third-order valence-corrected chi connectivity index (χ3v) is 4.97. The minimum Gasteiger partial charge on any atom is -0.376 e. The van der Waals surface area contributed by atoms with Gasteiger partial charge in [-0.15, -0.1) is 0 Å². The van der Waals surface area contributed by atoms with Crippen LogP contribution in [0, 0.1) is 11.3 Å². The Morgan fingerprint density at radius 2 is 2.00 bits per heavy atom. The van der Waals surface area contributed by atoms with Crippen LogP contribution in [0.25, 0.3) is 0 Å². The van der Waals surface area contributed by atoms with Crippen molar-refractivity contribution in [3.8, 4) is 0 Å². The van der Waals surface area contributed by atoms with Gasteiger partial charge in [-0.2, -0.15) is 0 Å². The number of hydrogen-bond acceptors (Lipinski definition) is 3.